The number of hydrogen-bond donors (Lipinski definition) is 4. The van der Waals surface area contributed by atoms with Gasteiger partial charge in [0.1, 0.15) is 23.5 Å². The van der Waals surface area contributed by atoms with Crippen LogP contribution in [-0.4, -0.2) is 186 Å². The highest BCUT2D eigenvalue weighted by molar-refractivity contribution is 7.13. The second kappa shape index (κ2) is 30.3. The molecule has 1 unspecified atom stereocenters. The number of ether oxygens (including phenoxy) is 5. The lowest BCUT2D eigenvalue weighted by Gasteiger charge is -2.36. The van der Waals surface area contributed by atoms with E-state index in [0.717, 1.165) is 53.1 Å². The minimum Gasteiger partial charge on any atom is -0.391 e. The first kappa shape index (κ1) is 63.2. The summed E-state index contributed by atoms with van der Waals surface area (Å²) in [7, 11) is 0. The summed E-state index contributed by atoms with van der Waals surface area (Å²) in [5.41, 5.74) is 5.96. The Morgan fingerprint density at radius 3 is 2.00 bits per heavy atom. The number of benzene rings is 1. The second-order valence-electron chi connectivity index (χ2n) is 22.5. The van der Waals surface area contributed by atoms with Gasteiger partial charge in [-0.05, 0) is 67.9 Å². The minimum absolute atomic E-state index is 0.0129. The number of likely N-dealkylation sites (tertiary alicyclic amines) is 1. The third-order valence-corrected chi connectivity index (χ3v) is 16.3. The predicted molar refractivity (Wildman–Crippen MR) is 317 cm³/mol. The van der Waals surface area contributed by atoms with Crippen LogP contribution in [0, 0.1) is 19.3 Å². The van der Waals surface area contributed by atoms with E-state index in [4.69, 9.17) is 28.7 Å². The first-order chi connectivity index (χ1) is 40.5. The van der Waals surface area contributed by atoms with Crippen molar-refractivity contribution in [1.82, 2.24) is 44.9 Å². The van der Waals surface area contributed by atoms with Crippen LogP contribution in [0.25, 0.3) is 21.5 Å². The molecule has 3 aliphatic rings. The zero-order valence-corrected chi connectivity index (χ0v) is 50.0. The van der Waals surface area contributed by atoms with Gasteiger partial charge in [0.25, 0.3) is 5.56 Å². The number of aliphatic hydroxyl groups is 1. The maximum Gasteiger partial charge on any atom is 0.263 e. The van der Waals surface area contributed by atoms with Crippen molar-refractivity contribution >= 4 is 69.2 Å². The molecule has 24 heteroatoms. The fourth-order valence-corrected chi connectivity index (χ4v) is 11.6. The molecule has 1 aromatic carbocycles. The van der Waals surface area contributed by atoms with Gasteiger partial charge in [0, 0.05) is 69.7 Å². The van der Waals surface area contributed by atoms with Gasteiger partial charge in [-0.25, -0.2) is 15.0 Å². The number of nitrogens with one attached hydrogen (secondary N) is 3. The van der Waals surface area contributed by atoms with Gasteiger partial charge in [-0.1, -0.05) is 57.9 Å². The Hall–Kier alpha value is -6.80. The fourth-order valence-electron chi connectivity index (χ4n) is 10.8. The van der Waals surface area contributed by atoms with E-state index in [9.17, 15) is 33.9 Å². The molecule has 5 aromatic rings. The Morgan fingerprint density at radius 1 is 0.786 bits per heavy atom. The molecule has 454 valence electrons. The number of ketones is 1. The number of aliphatic hydroxyl groups excluding tert-OH is 1. The number of thiazole rings is 1. The molecule has 4 aromatic heterocycles. The van der Waals surface area contributed by atoms with Gasteiger partial charge in [-0.15, -0.1) is 11.3 Å². The molecule has 0 radical (unpaired) electrons. The van der Waals surface area contributed by atoms with E-state index in [1.54, 1.807) is 35.2 Å². The molecule has 2 aliphatic heterocycles. The fraction of sp³-hybridized carbons (Fsp3) is 0.567. The molecule has 1 saturated carbocycles. The molecule has 8 rings (SSSR count). The third kappa shape index (κ3) is 17.0. The van der Waals surface area contributed by atoms with E-state index in [-0.39, 0.29) is 86.2 Å². The van der Waals surface area contributed by atoms with Crippen LogP contribution in [0.2, 0.25) is 0 Å². The Labute approximate surface area is 494 Å². The lowest BCUT2D eigenvalue weighted by atomic mass is 9.85. The lowest BCUT2D eigenvalue weighted by molar-refractivity contribution is -0.144. The number of anilines is 3. The van der Waals surface area contributed by atoms with Crippen molar-refractivity contribution in [3.63, 3.8) is 0 Å². The van der Waals surface area contributed by atoms with E-state index in [0.29, 0.717) is 107 Å². The van der Waals surface area contributed by atoms with Gasteiger partial charge in [0.2, 0.25) is 29.6 Å². The van der Waals surface area contributed by atoms with Crippen molar-refractivity contribution in [2.24, 2.45) is 5.41 Å². The largest absolute Gasteiger partial charge is 0.391 e. The van der Waals surface area contributed by atoms with E-state index in [2.05, 4.69) is 35.8 Å². The third-order valence-electron chi connectivity index (χ3n) is 15.4. The maximum absolute atomic E-state index is 14.0. The van der Waals surface area contributed by atoms with Crippen LogP contribution in [0.5, 0.6) is 0 Å². The number of carbonyl (C=O) groups is 5. The van der Waals surface area contributed by atoms with Gasteiger partial charge < -0.3 is 59.4 Å². The van der Waals surface area contributed by atoms with E-state index < -0.39 is 29.5 Å². The van der Waals surface area contributed by atoms with Crippen LogP contribution in [0.3, 0.4) is 0 Å². The topological polar surface area (TPSA) is 271 Å². The van der Waals surface area contributed by atoms with Crippen LogP contribution < -0.4 is 26.4 Å². The highest BCUT2D eigenvalue weighted by Crippen LogP contribution is 2.33. The van der Waals surface area contributed by atoms with Crippen LogP contribution in [0.15, 0.2) is 59.1 Å². The summed E-state index contributed by atoms with van der Waals surface area (Å²) in [5.74, 6) is -0.544. The van der Waals surface area contributed by atoms with E-state index in [1.165, 1.54) is 11.8 Å². The Morgan fingerprint density at radius 2 is 1.42 bits per heavy atom. The number of hydrogen-bond acceptors (Lipinski definition) is 19. The highest BCUT2D eigenvalue weighted by atomic mass is 32.1. The normalized spacial score (nSPS) is 17.0. The molecule has 4 amide bonds. The van der Waals surface area contributed by atoms with Crippen molar-refractivity contribution in [3.8, 4) is 10.4 Å². The summed E-state index contributed by atoms with van der Waals surface area (Å²) >= 11 is 1.57. The average molecular weight is 1180 g/mol. The summed E-state index contributed by atoms with van der Waals surface area (Å²) in [6.45, 7) is 16.6. The molecule has 84 heavy (non-hydrogen) atoms. The Kier molecular flexibility index (Phi) is 22.8. The zero-order valence-electron chi connectivity index (χ0n) is 49.2. The van der Waals surface area contributed by atoms with E-state index >= 15 is 0 Å². The van der Waals surface area contributed by atoms with Crippen LogP contribution in [0.4, 0.5) is 17.5 Å². The summed E-state index contributed by atoms with van der Waals surface area (Å²) in [5, 5.41) is 20.2. The molecule has 0 spiro atoms. The number of piperazine rings is 1. The van der Waals surface area contributed by atoms with Crippen LogP contribution >= 0.6 is 11.3 Å². The van der Waals surface area contributed by atoms with Gasteiger partial charge >= 0.3 is 0 Å². The van der Waals surface area contributed by atoms with Gasteiger partial charge in [0.15, 0.2) is 5.78 Å². The monoisotopic (exact) mass is 1180 g/mol. The summed E-state index contributed by atoms with van der Waals surface area (Å²) < 4.78 is 29.7. The molecule has 23 nitrogen and oxygen atoms in total. The lowest BCUT2D eigenvalue weighted by Crippen LogP contribution is -2.57. The first-order valence-corrected chi connectivity index (χ1v) is 30.0. The van der Waals surface area contributed by atoms with Gasteiger partial charge in [-0.2, -0.15) is 4.98 Å². The molecule has 3 atom stereocenters. The smallest absolute Gasteiger partial charge is 0.263 e. The number of pyridine rings is 2. The summed E-state index contributed by atoms with van der Waals surface area (Å²) in [6, 6.07) is 9.84. The van der Waals surface area contributed by atoms with Crippen LogP contribution in [0.1, 0.15) is 106 Å². The zero-order chi connectivity index (χ0) is 59.8. The van der Waals surface area contributed by atoms with Crippen molar-refractivity contribution in [2.75, 3.05) is 109 Å². The predicted octanol–water partition coefficient (Wildman–Crippen LogP) is 5.31. The van der Waals surface area contributed by atoms with Crippen molar-refractivity contribution in [1.29, 1.82) is 0 Å². The SMILES string of the molecule is CC(=O)c1c(C)c2cnc(Nc3ccc(N4CCN(C(=O)CCOCCOCCOCCOCCOCCC(=O)NC(C(=O)N5C[C@H](O)C[C@H]5C(=O)NCc5ccc(-c6scnc6C)cc5)C(C)(C)C)CC4)cn3)nc2n(C2CCCC2)c1=O. The number of carbonyl (C=O) groups excluding carboxylic acids is 5. The summed E-state index contributed by atoms with van der Waals surface area (Å²) in [4.78, 5) is 104. The second-order valence-corrected chi connectivity index (χ2v) is 23.4. The highest BCUT2D eigenvalue weighted by Gasteiger charge is 2.44. The quantitative estimate of drug-likeness (QED) is 0.0349. The molecule has 2 saturated heterocycles. The van der Waals surface area contributed by atoms with Gasteiger partial charge in [0.05, 0.1) is 112 Å². The number of β-amino-alcohol motifs (C(OH)–C–C–N with tert-alkyl or cyclic N) is 1. The minimum atomic E-state index is -0.939. The van der Waals surface area contributed by atoms with Gasteiger partial charge in [-0.3, -0.25) is 33.3 Å². The number of aromatic nitrogens is 5. The molecule has 4 N–H and O–H groups in total. The maximum atomic E-state index is 14.0. The number of fused-ring (bicyclic) bond motifs is 1. The number of amides is 4. The number of aryl methyl sites for hydroxylation is 2. The van der Waals surface area contributed by atoms with Crippen molar-refractivity contribution in [2.45, 2.75) is 117 Å². The Bertz CT molecular complexity index is 3080. The molecule has 1 aliphatic carbocycles. The van der Waals surface area contributed by atoms with E-state index in [1.807, 2.05) is 74.5 Å². The molecule has 3 fully saturated rings. The number of nitrogens with zero attached hydrogens (tertiary/aromatic N) is 8. The Balaban J connectivity index is 0.622. The van der Waals surface area contributed by atoms with Crippen molar-refractivity contribution in [3.05, 3.63) is 87.0 Å². The molecular weight excluding hydrogens is 1100 g/mol. The number of rotatable bonds is 29. The molecular formula is C60H81N11O12S. The molecule has 6 heterocycles. The standard InChI is InChI=1S/C60H81N11O12S/c1-39-47-36-63-59(67-55(47)71(44-9-7-8-10-44)57(77)52(39)41(3)72)65-49-16-15-45(35-61-49)68-19-21-69(22-20-68)51(75)18-24-80-26-28-82-30-32-83-31-29-81-27-25-79-23-17-50(74)66-54(60(4,5)6)58(78)70-37-46(73)33-48(70)56(76)62-34-42-11-13-43(14-12-42)53-40(2)64-38-84-53/h11-16,35-36,38,44,46,48,54,73H,7-10,17-34,37H2,1-6H3,(H,62,76)(H,66,74)(H,61,63,65,67)/t46-,48+,54?/m1/s1. The van der Waals surface area contributed by atoms with Crippen molar-refractivity contribution < 1.29 is 52.8 Å². The van der Waals surface area contributed by atoms with Crippen LogP contribution in [-0.2, 0) is 49.4 Å². The average Bonchev–Trinajstić information content (AvgIpc) is 1.75. The first-order valence-electron chi connectivity index (χ1n) is 29.1. The summed E-state index contributed by atoms with van der Waals surface area (Å²) in [6.07, 6.45) is 6.72. The number of Topliss-reactive ketones (excluding diaryl/α,β-unsaturated/α-hetero) is 1. The molecule has 0 bridgehead atoms.